The molecule has 1 atom stereocenters. The third-order valence-electron chi connectivity index (χ3n) is 2.90. The molecule has 0 radical (unpaired) electrons. The summed E-state index contributed by atoms with van der Waals surface area (Å²) in [5.41, 5.74) is 0. The van der Waals surface area contributed by atoms with Gasteiger partial charge in [0.1, 0.15) is 6.10 Å². The van der Waals surface area contributed by atoms with Crippen LogP contribution >= 0.6 is 35.3 Å². The Balaban J connectivity index is 0.00000264. The van der Waals surface area contributed by atoms with E-state index in [0.29, 0.717) is 30.8 Å². The van der Waals surface area contributed by atoms with Gasteiger partial charge in [0.05, 0.1) is 13.1 Å². The highest BCUT2D eigenvalue weighted by Gasteiger charge is 2.13. The fraction of sp³-hybridized carbons (Fsp3) is 0.500. The van der Waals surface area contributed by atoms with E-state index < -0.39 is 0 Å². The van der Waals surface area contributed by atoms with Crippen molar-refractivity contribution in [2.24, 2.45) is 4.99 Å². The lowest BCUT2D eigenvalue weighted by Gasteiger charge is -2.09. The molecule has 1 unspecified atom stereocenters. The van der Waals surface area contributed by atoms with E-state index in [1.807, 2.05) is 25.3 Å². The Morgan fingerprint density at radius 2 is 2.22 bits per heavy atom. The Morgan fingerprint density at radius 3 is 2.87 bits per heavy atom. The van der Waals surface area contributed by atoms with Gasteiger partial charge in [-0.15, -0.1) is 35.3 Å². The summed E-state index contributed by atoms with van der Waals surface area (Å²) >= 11 is 1.70. The van der Waals surface area contributed by atoms with Crippen LogP contribution < -0.4 is 10.6 Å². The van der Waals surface area contributed by atoms with Gasteiger partial charge in [0.15, 0.2) is 11.8 Å². The molecule has 0 aliphatic carbocycles. The van der Waals surface area contributed by atoms with Crippen molar-refractivity contribution in [1.29, 1.82) is 0 Å². The van der Waals surface area contributed by atoms with E-state index >= 15 is 0 Å². The van der Waals surface area contributed by atoms with Gasteiger partial charge in [-0.3, -0.25) is 4.99 Å². The number of nitrogens with zero attached hydrogens (tertiary/aromatic N) is 3. The minimum atomic E-state index is -0.168. The minimum absolute atomic E-state index is 0. The van der Waals surface area contributed by atoms with Crippen LogP contribution in [-0.2, 0) is 17.8 Å². The van der Waals surface area contributed by atoms with E-state index in [1.54, 1.807) is 18.4 Å². The normalized spacial score (nSPS) is 12.6. The van der Waals surface area contributed by atoms with Gasteiger partial charge in [0.25, 0.3) is 0 Å². The smallest absolute Gasteiger partial charge is 0.246 e. The van der Waals surface area contributed by atoms with E-state index in [1.165, 1.54) is 4.88 Å². The van der Waals surface area contributed by atoms with Gasteiger partial charge in [0.2, 0.25) is 5.89 Å². The molecule has 9 heteroatoms. The van der Waals surface area contributed by atoms with Gasteiger partial charge >= 0.3 is 0 Å². The number of aliphatic imine (C=N–C) groups is 1. The summed E-state index contributed by atoms with van der Waals surface area (Å²) in [5.74, 6) is 1.74. The summed E-state index contributed by atoms with van der Waals surface area (Å²) in [6.07, 6.45) is -0.168. The fourth-order valence-electron chi connectivity index (χ4n) is 1.79. The number of rotatable bonds is 7. The van der Waals surface area contributed by atoms with Gasteiger partial charge in [-0.2, -0.15) is 4.98 Å². The minimum Gasteiger partial charge on any atom is -0.371 e. The van der Waals surface area contributed by atoms with Crippen LogP contribution in [0.2, 0.25) is 0 Å². The first-order chi connectivity index (χ1) is 10.7. The van der Waals surface area contributed by atoms with Crippen molar-refractivity contribution in [2.75, 3.05) is 13.7 Å². The lowest BCUT2D eigenvalue weighted by Crippen LogP contribution is -2.36. The molecule has 0 saturated heterocycles. The third-order valence-corrected chi connectivity index (χ3v) is 3.78. The van der Waals surface area contributed by atoms with Gasteiger partial charge in [-0.25, -0.2) is 0 Å². The van der Waals surface area contributed by atoms with Crippen molar-refractivity contribution in [2.45, 2.75) is 33.0 Å². The SMILES string of the molecule is CCOC(C)c1noc(CNC(=NC)NCc2cccs2)n1.I. The maximum absolute atomic E-state index is 5.43. The van der Waals surface area contributed by atoms with Crippen molar-refractivity contribution in [3.05, 3.63) is 34.1 Å². The summed E-state index contributed by atoms with van der Waals surface area (Å²) in [6.45, 7) is 5.59. The highest BCUT2D eigenvalue weighted by molar-refractivity contribution is 14.0. The monoisotopic (exact) mass is 451 g/mol. The van der Waals surface area contributed by atoms with E-state index in [0.717, 1.165) is 6.54 Å². The van der Waals surface area contributed by atoms with Crippen molar-refractivity contribution in [3.8, 4) is 0 Å². The molecule has 0 fully saturated rings. The first-order valence-corrected chi connectivity index (χ1v) is 8.01. The molecule has 0 saturated carbocycles. The quantitative estimate of drug-likeness (QED) is 0.383. The number of guanidine groups is 1. The lowest BCUT2D eigenvalue weighted by molar-refractivity contribution is 0.0683. The Morgan fingerprint density at radius 1 is 1.43 bits per heavy atom. The van der Waals surface area contributed by atoms with E-state index in [-0.39, 0.29) is 30.1 Å². The third kappa shape index (κ3) is 6.43. The summed E-state index contributed by atoms with van der Waals surface area (Å²) in [6, 6.07) is 4.10. The molecule has 0 bridgehead atoms. The second-order valence-electron chi connectivity index (χ2n) is 4.50. The molecular weight excluding hydrogens is 429 g/mol. The molecule has 128 valence electrons. The maximum Gasteiger partial charge on any atom is 0.246 e. The zero-order valence-corrected chi connectivity index (χ0v) is 16.6. The fourth-order valence-corrected chi connectivity index (χ4v) is 2.44. The highest BCUT2D eigenvalue weighted by atomic mass is 127. The summed E-state index contributed by atoms with van der Waals surface area (Å²) in [7, 11) is 1.72. The Kier molecular flexibility index (Phi) is 9.10. The predicted molar refractivity (Wildman–Crippen MR) is 101 cm³/mol. The van der Waals surface area contributed by atoms with Crippen LogP contribution in [0.15, 0.2) is 27.0 Å². The number of nitrogens with one attached hydrogen (secondary N) is 2. The van der Waals surface area contributed by atoms with Crippen molar-refractivity contribution in [3.63, 3.8) is 0 Å². The van der Waals surface area contributed by atoms with E-state index in [9.17, 15) is 0 Å². The van der Waals surface area contributed by atoms with E-state index in [4.69, 9.17) is 9.26 Å². The molecule has 0 aliphatic rings. The maximum atomic E-state index is 5.43. The van der Waals surface area contributed by atoms with Crippen LogP contribution in [0.3, 0.4) is 0 Å². The summed E-state index contributed by atoms with van der Waals surface area (Å²) in [4.78, 5) is 9.70. The van der Waals surface area contributed by atoms with Crippen LogP contribution in [0.1, 0.15) is 36.5 Å². The zero-order chi connectivity index (χ0) is 15.8. The number of hydrogen-bond acceptors (Lipinski definition) is 6. The number of halogens is 1. The first-order valence-electron chi connectivity index (χ1n) is 7.14. The molecule has 0 amide bonds. The van der Waals surface area contributed by atoms with Crippen LogP contribution in [0.4, 0.5) is 0 Å². The molecule has 0 spiro atoms. The number of aromatic nitrogens is 2. The lowest BCUT2D eigenvalue weighted by atomic mass is 10.4. The second kappa shape index (κ2) is 10.6. The summed E-state index contributed by atoms with van der Waals surface area (Å²) < 4.78 is 10.6. The Labute approximate surface area is 156 Å². The van der Waals surface area contributed by atoms with Crippen molar-refractivity contribution < 1.29 is 9.26 Å². The topological polar surface area (TPSA) is 84.6 Å². The Hall–Kier alpha value is -1.20. The number of ether oxygens (including phenoxy) is 1. The number of hydrogen-bond donors (Lipinski definition) is 2. The van der Waals surface area contributed by atoms with E-state index in [2.05, 4.69) is 31.8 Å². The van der Waals surface area contributed by atoms with Crippen LogP contribution in [-0.4, -0.2) is 29.8 Å². The van der Waals surface area contributed by atoms with Crippen LogP contribution in [0.25, 0.3) is 0 Å². The molecule has 2 rings (SSSR count). The predicted octanol–water partition coefficient (Wildman–Crippen LogP) is 2.71. The summed E-state index contributed by atoms with van der Waals surface area (Å²) in [5, 5.41) is 12.3. The molecule has 2 aromatic heterocycles. The van der Waals surface area contributed by atoms with Gasteiger partial charge < -0.3 is 19.9 Å². The van der Waals surface area contributed by atoms with Gasteiger partial charge in [-0.1, -0.05) is 11.2 Å². The zero-order valence-electron chi connectivity index (χ0n) is 13.4. The molecule has 0 aromatic carbocycles. The standard InChI is InChI=1S/C14H21N5O2S.HI/c1-4-20-10(2)13-18-12(21-19-13)9-17-14(15-3)16-8-11-6-5-7-22-11;/h5-7,10H,4,8-9H2,1-3H3,(H2,15,16,17);1H. The van der Waals surface area contributed by atoms with Gasteiger partial charge in [-0.05, 0) is 25.3 Å². The highest BCUT2D eigenvalue weighted by Crippen LogP contribution is 2.12. The molecular formula is C14H22IN5O2S. The van der Waals surface area contributed by atoms with Crippen molar-refractivity contribution in [1.82, 2.24) is 20.8 Å². The molecule has 2 N–H and O–H groups in total. The number of thiophene rings is 1. The average Bonchev–Trinajstić information content (AvgIpc) is 3.19. The molecule has 7 nitrogen and oxygen atoms in total. The first kappa shape index (κ1) is 19.8. The van der Waals surface area contributed by atoms with Gasteiger partial charge in [0, 0.05) is 18.5 Å². The molecule has 0 aliphatic heterocycles. The van der Waals surface area contributed by atoms with Crippen LogP contribution in [0, 0.1) is 0 Å². The molecule has 23 heavy (non-hydrogen) atoms. The van der Waals surface area contributed by atoms with Crippen molar-refractivity contribution >= 4 is 41.3 Å². The largest absolute Gasteiger partial charge is 0.371 e. The average molecular weight is 451 g/mol. The van der Waals surface area contributed by atoms with Crippen LogP contribution in [0.5, 0.6) is 0 Å². The molecule has 2 aromatic rings. The molecule has 2 heterocycles. The second-order valence-corrected chi connectivity index (χ2v) is 5.53. The Bertz CT molecular complexity index is 588.